The molecule has 1 amide bonds. The average molecular weight is 286 g/mol. The van der Waals surface area contributed by atoms with Gasteiger partial charge in [-0.25, -0.2) is 0 Å². The summed E-state index contributed by atoms with van der Waals surface area (Å²) in [5.41, 5.74) is 1.23. The van der Waals surface area contributed by atoms with Gasteiger partial charge in [0.2, 0.25) is 5.91 Å². The molecule has 0 aromatic heterocycles. The van der Waals surface area contributed by atoms with Crippen molar-refractivity contribution in [2.75, 3.05) is 0 Å². The van der Waals surface area contributed by atoms with Crippen molar-refractivity contribution >= 4 is 5.91 Å². The highest BCUT2D eigenvalue weighted by atomic mass is 16.2. The van der Waals surface area contributed by atoms with E-state index in [1.54, 1.807) is 0 Å². The van der Waals surface area contributed by atoms with E-state index in [0.717, 1.165) is 25.2 Å². The molecule has 0 bridgehead atoms. The first-order valence-corrected chi connectivity index (χ1v) is 8.27. The third kappa shape index (κ3) is 3.13. The van der Waals surface area contributed by atoms with Crippen molar-refractivity contribution < 1.29 is 4.79 Å². The van der Waals surface area contributed by atoms with E-state index in [-0.39, 0.29) is 12.2 Å². The Hall–Kier alpha value is -1.35. The molecule has 2 aliphatic rings. The van der Waals surface area contributed by atoms with E-state index < -0.39 is 0 Å². The number of hydrogen-bond acceptors (Lipinski definition) is 2. The monoisotopic (exact) mass is 286 g/mol. The first-order valence-electron chi connectivity index (χ1n) is 8.27. The molecular weight excluding hydrogens is 260 g/mol. The number of benzene rings is 1. The first kappa shape index (κ1) is 14.6. The zero-order valence-electron chi connectivity index (χ0n) is 13.1. The molecule has 0 spiro atoms. The Balaban J connectivity index is 1.66. The molecule has 1 aliphatic carbocycles. The molecule has 114 valence electrons. The summed E-state index contributed by atoms with van der Waals surface area (Å²) in [6.45, 7) is 4.45. The van der Waals surface area contributed by atoms with Crippen LogP contribution in [0.2, 0.25) is 0 Å². The molecule has 1 saturated heterocycles. The highest BCUT2D eigenvalue weighted by molar-refractivity contribution is 5.85. The van der Waals surface area contributed by atoms with Gasteiger partial charge < -0.3 is 4.90 Å². The molecule has 2 atom stereocenters. The standard InChI is InChI=1S/C18H26N2O/c1-13-8-10-16(11-9-13)20-14(2)19-17(18(20)21)12-15-6-4-3-5-7-15/h3-7,13-14,16-17,19H,8-12H2,1-2H3. The zero-order chi connectivity index (χ0) is 14.8. The fourth-order valence-corrected chi connectivity index (χ4v) is 3.83. The van der Waals surface area contributed by atoms with E-state index in [1.807, 2.05) is 18.2 Å². The summed E-state index contributed by atoms with van der Waals surface area (Å²) >= 11 is 0. The molecule has 1 aromatic rings. The molecule has 3 rings (SSSR count). The van der Waals surface area contributed by atoms with Crippen molar-refractivity contribution in [3.05, 3.63) is 35.9 Å². The van der Waals surface area contributed by atoms with Gasteiger partial charge in [-0.1, -0.05) is 37.3 Å². The van der Waals surface area contributed by atoms with Gasteiger partial charge in [-0.15, -0.1) is 0 Å². The van der Waals surface area contributed by atoms with Gasteiger partial charge in [0.05, 0.1) is 12.2 Å². The van der Waals surface area contributed by atoms with Crippen LogP contribution in [0.5, 0.6) is 0 Å². The van der Waals surface area contributed by atoms with Crippen LogP contribution >= 0.6 is 0 Å². The second kappa shape index (κ2) is 6.18. The molecular formula is C18H26N2O. The number of hydrogen-bond donors (Lipinski definition) is 1. The van der Waals surface area contributed by atoms with E-state index in [1.165, 1.54) is 18.4 Å². The molecule has 1 N–H and O–H groups in total. The molecule has 0 radical (unpaired) electrons. The molecule has 1 heterocycles. The van der Waals surface area contributed by atoms with Gasteiger partial charge in [-0.2, -0.15) is 0 Å². The number of carbonyl (C=O) groups is 1. The predicted octanol–water partition coefficient (Wildman–Crippen LogP) is 2.95. The van der Waals surface area contributed by atoms with E-state index in [9.17, 15) is 4.79 Å². The maximum absolute atomic E-state index is 12.8. The van der Waals surface area contributed by atoms with Gasteiger partial charge in [0.1, 0.15) is 0 Å². The minimum Gasteiger partial charge on any atom is -0.323 e. The summed E-state index contributed by atoms with van der Waals surface area (Å²) in [5, 5.41) is 3.49. The summed E-state index contributed by atoms with van der Waals surface area (Å²) in [6.07, 6.45) is 5.80. The number of amides is 1. The van der Waals surface area contributed by atoms with E-state index in [4.69, 9.17) is 0 Å². The zero-order valence-corrected chi connectivity index (χ0v) is 13.1. The highest BCUT2D eigenvalue weighted by Crippen LogP contribution is 2.30. The summed E-state index contributed by atoms with van der Waals surface area (Å²) in [4.78, 5) is 14.9. The largest absolute Gasteiger partial charge is 0.323 e. The van der Waals surface area contributed by atoms with Crippen molar-refractivity contribution in [2.45, 2.75) is 64.2 Å². The van der Waals surface area contributed by atoms with Crippen LogP contribution in [0.25, 0.3) is 0 Å². The van der Waals surface area contributed by atoms with Crippen LogP contribution in [0, 0.1) is 5.92 Å². The van der Waals surface area contributed by atoms with Crippen LogP contribution in [-0.4, -0.2) is 29.1 Å². The van der Waals surface area contributed by atoms with E-state index >= 15 is 0 Å². The normalized spacial score (nSPS) is 33.4. The second-order valence-corrected chi connectivity index (χ2v) is 6.74. The Labute approximate surface area is 127 Å². The lowest BCUT2D eigenvalue weighted by Gasteiger charge is -2.35. The lowest BCUT2D eigenvalue weighted by molar-refractivity contribution is -0.132. The SMILES string of the molecule is CC1CCC(N2C(=O)C(Cc3ccccc3)NC2C)CC1. The van der Waals surface area contributed by atoms with Gasteiger partial charge in [0, 0.05) is 6.04 Å². The Morgan fingerprint density at radius 3 is 2.43 bits per heavy atom. The predicted molar refractivity (Wildman–Crippen MR) is 84.8 cm³/mol. The summed E-state index contributed by atoms with van der Waals surface area (Å²) in [7, 11) is 0. The lowest BCUT2D eigenvalue weighted by atomic mass is 9.86. The van der Waals surface area contributed by atoms with E-state index in [0.29, 0.717) is 11.9 Å². The van der Waals surface area contributed by atoms with Crippen LogP contribution in [0.4, 0.5) is 0 Å². The maximum Gasteiger partial charge on any atom is 0.241 e. The topological polar surface area (TPSA) is 32.3 Å². The van der Waals surface area contributed by atoms with Crippen LogP contribution in [-0.2, 0) is 11.2 Å². The fourth-order valence-electron chi connectivity index (χ4n) is 3.83. The van der Waals surface area contributed by atoms with Crippen molar-refractivity contribution in [1.29, 1.82) is 0 Å². The Bertz CT molecular complexity index is 479. The van der Waals surface area contributed by atoms with Crippen LogP contribution in [0.3, 0.4) is 0 Å². The lowest BCUT2D eigenvalue weighted by Crippen LogP contribution is -2.44. The molecule has 3 heteroatoms. The van der Waals surface area contributed by atoms with E-state index in [2.05, 4.69) is 36.2 Å². The highest BCUT2D eigenvalue weighted by Gasteiger charge is 2.40. The molecule has 1 saturated carbocycles. The first-order chi connectivity index (χ1) is 10.1. The number of nitrogens with zero attached hydrogens (tertiary/aromatic N) is 1. The quantitative estimate of drug-likeness (QED) is 0.926. The summed E-state index contributed by atoms with van der Waals surface area (Å²) in [6, 6.07) is 10.7. The third-order valence-electron chi connectivity index (χ3n) is 5.07. The van der Waals surface area contributed by atoms with Gasteiger partial charge in [-0.3, -0.25) is 10.1 Å². The van der Waals surface area contributed by atoms with Crippen molar-refractivity contribution in [3.8, 4) is 0 Å². The Kier molecular flexibility index (Phi) is 4.29. The number of nitrogens with one attached hydrogen (secondary N) is 1. The van der Waals surface area contributed by atoms with Gasteiger partial charge in [0.15, 0.2) is 0 Å². The fraction of sp³-hybridized carbons (Fsp3) is 0.611. The summed E-state index contributed by atoms with van der Waals surface area (Å²) in [5.74, 6) is 1.12. The number of carbonyl (C=O) groups excluding carboxylic acids is 1. The van der Waals surface area contributed by atoms with Crippen molar-refractivity contribution in [2.24, 2.45) is 5.92 Å². The van der Waals surface area contributed by atoms with Gasteiger partial charge in [0.25, 0.3) is 0 Å². The van der Waals surface area contributed by atoms with Crippen molar-refractivity contribution in [1.82, 2.24) is 10.2 Å². The molecule has 21 heavy (non-hydrogen) atoms. The Morgan fingerprint density at radius 2 is 1.76 bits per heavy atom. The molecule has 2 unspecified atom stereocenters. The third-order valence-corrected chi connectivity index (χ3v) is 5.07. The molecule has 1 aliphatic heterocycles. The number of rotatable bonds is 3. The molecule has 3 nitrogen and oxygen atoms in total. The maximum atomic E-state index is 12.8. The Morgan fingerprint density at radius 1 is 1.10 bits per heavy atom. The van der Waals surface area contributed by atoms with Crippen LogP contribution in [0.15, 0.2) is 30.3 Å². The van der Waals surface area contributed by atoms with Gasteiger partial charge in [-0.05, 0) is 50.5 Å². The average Bonchev–Trinajstić information content (AvgIpc) is 2.76. The second-order valence-electron chi connectivity index (χ2n) is 6.74. The van der Waals surface area contributed by atoms with Crippen LogP contribution in [0.1, 0.15) is 45.1 Å². The molecule has 2 fully saturated rings. The summed E-state index contributed by atoms with van der Waals surface area (Å²) < 4.78 is 0. The minimum absolute atomic E-state index is 0.0539. The molecule has 1 aromatic carbocycles. The smallest absolute Gasteiger partial charge is 0.241 e. The minimum atomic E-state index is -0.0539. The van der Waals surface area contributed by atoms with Gasteiger partial charge >= 0.3 is 0 Å². The van der Waals surface area contributed by atoms with Crippen LogP contribution < -0.4 is 5.32 Å². The van der Waals surface area contributed by atoms with Crippen molar-refractivity contribution in [3.63, 3.8) is 0 Å².